The molecule has 0 spiro atoms. The van der Waals surface area contributed by atoms with Crippen LogP contribution in [-0.2, 0) is 14.3 Å². The highest BCUT2D eigenvalue weighted by atomic mass is 16.6. The molecule has 0 heterocycles. The van der Waals surface area contributed by atoms with Gasteiger partial charge in [0.15, 0.2) is 0 Å². The van der Waals surface area contributed by atoms with E-state index in [2.05, 4.69) is 10.6 Å². The van der Waals surface area contributed by atoms with Crippen LogP contribution in [0.1, 0.15) is 22.8 Å². The van der Waals surface area contributed by atoms with Gasteiger partial charge in [-0.1, -0.05) is 30.3 Å². The van der Waals surface area contributed by atoms with E-state index in [1.807, 2.05) is 31.2 Å². The minimum absolute atomic E-state index is 0.113. The Balaban J connectivity index is 2.02. The van der Waals surface area contributed by atoms with E-state index < -0.39 is 22.8 Å². The molecule has 1 unspecified atom stereocenters. The fourth-order valence-electron chi connectivity index (χ4n) is 2.57. The van der Waals surface area contributed by atoms with E-state index in [9.17, 15) is 19.7 Å². The quantitative estimate of drug-likeness (QED) is 0.461. The lowest BCUT2D eigenvalue weighted by Crippen LogP contribution is -2.38. The fourth-order valence-corrected chi connectivity index (χ4v) is 2.57. The van der Waals surface area contributed by atoms with Crippen molar-refractivity contribution >= 4 is 23.2 Å². The van der Waals surface area contributed by atoms with Crippen molar-refractivity contribution in [2.75, 3.05) is 19.0 Å². The number of non-ortho nitro benzene ring substituents is 1. The molecule has 8 nitrogen and oxygen atoms in total. The van der Waals surface area contributed by atoms with Gasteiger partial charge in [-0.15, -0.1) is 0 Å². The molecule has 2 aromatic rings. The van der Waals surface area contributed by atoms with Gasteiger partial charge in [0.2, 0.25) is 0 Å². The Morgan fingerprint density at radius 2 is 1.81 bits per heavy atom. The van der Waals surface area contributed by atoms with Crippen LogP contribution in [0.4, 0.5) is 11.4 Å². The number of nitrogens with one attached hydrogen (secondary N) is 2. The smallest absolute Gasteiger partial charge is 0.313 e. The molecule has 142 valence electrons. The van der Waals surface area contributed by atoms with Crippen molar-refractivity contribution in [2.24, 2.45) is 0 Å². The van der Waals surface area contributed by atoms with Crippen molar-refractivity contribution in [3.05, 3.63) is 69.3 Å². The van der Waals surface area contributed by atoms with Gasteiger partial charge in [-0.2, -0.15) is 0 Å². The first kappa shape index (κ1) is 20.1. The van der Waals surface area contributed by atoms with Gasteiger partial charge < -0.3 is 15.4 Å². The Kier molecular flexibility index (Phi) is 6.62. The van der Waals surface area contributed by atoms with Crippen LogP contribution < -0.4 is 10.6 Å². The maximum absolute atomic E-state index is 12.1. The molecule has 0 aromatic heterocycles. The minimum Gasteiger partial charge on any atom is -0.375 e. The molecule has 2 aromatic carbocycles. The molecular formula is C19H21N3O5. The summed E-state index contributed by atoms with van der Waals surface area (Å²) < 4.78 is 5.41. The number of nitro benzene ring substituents is 1. The van der Waals surface area contributed by atoms with Crippen LogP contribution in [0.25, 0.3) is 0 Å². The van der Waals surface area contributed by atoms with Gasteiger partial charge in [0.25, 0.3) is 5.69 Å². The number of rotatable bonds is 6. The highest BCUT2D eigenvalue weighted by Crippen LogP contribution is 2.22. The maximum atomic E-state index is 12.1. The van der Waals surface area contributed by atoms with Crippen molar-refractivity contribution in [3.63, 3.8) is 0 Å². The molecule has 0 saturated carbocycles. The lowest BCUT2D eigenvalue weighted by atomic mass is 10.0. The molecule has 0 aliphatic heterocycles. The largest absolute Gasteiger partial charge is 0.375 e. The minimum atomic E-state index is -0.904. The second-order valence-corrected chi connectivity index (χ2v) is 6.00. The second kappa shape index (κ2) is 8.91. The Bertz CT molecular complexity index is 866. The number of amides is 2. The number of carbonyl (C=O) groups is 2. The summed E-state index contributed by atoms with van der Waals surface area (Å²) in [4.78, 5) is 34.5. The number of hydrogen-bond acceptors (Lipinski definition) is 5. The predicted octanol–water partition coefficient (Wildman–Crippen LogP) is 2.65. The van der Waals surface area contributed by atoms with E-state index in [4.69, 9.17) is 4.74 Å². The number of nitro groups is 1. The van der Waals surface area contributed by atoms with Gasteiger partial charge in [0.1, 0.15) is 0 Å². The van der Waals surface area contributed by atoms with Crippen molar-refractivity contribution in [1.29, 1.82) is 0 Å². The summed E-state index contributed by atoms with van der Waals surface area (Å²) >= 11 is 0. The second-order valence-electron chi connectivity index (χ2n) is 6.00. The summed E-state index contributed by atoms with van der Waals surface area (Å²) in [5, 5.41) is 15.8. The zero-order valence-corrected chi connectivity index (χ0v) is 15.3. The lowest BCUT2D eigenvalue weighted by molar-refractivity contribution is -0.384. The highest BCUT2D eigenvalue weighted by molar-refractivity contribution is 6.39. The van der Waals surface area contributed by atoms with Crippen molar-refractivity contribution < 1.29 is 19.2 Å². The maximum Gasteiger partial charge on any atom is 0.313 e. The Morgan fingerprint density at radius 3 is 2.44 bits per heavy atom. The Hall–Kier alpha value is -3.26. The van der Waals surface area contributed by atoms with Gasteiger partial charge in [-0.05, 0) is 30.5 Å². The van der Waals surface area contributed by atoms with Crippen molar-refractivity contribution in [3.8, 4) is 0 Å². The third kappa shape index (κ3) is 5.11. The van der Waals surface area contributed by atoms with Crippen LogP contribution >= 0.6 is 0 Å². The van der Waals surface area contributed by atoms with E-state index in [0.717, 1.165) is 11.1 Å². The van der Waals surface area contributed by atoms with E-state index in [1.165, 1.54) is 25.3 Å². The molecular weight excluding hydrogens is 350 g/mol. The number of hydrogen-bond donors (Lipinski definition) is 2. The number of carbonyl (C=O) groups excluding carboxylic acids is 2. The molecule has 0 radical (unpaired) electrons. The van der Waals surface area contributed by atoms with Crippen LogP contribution in [0.5, 0.6) is 0 Å². The van der Waals surface area contributed by atoms with Crippen LogP contribution in [-0.4, -0.2) is 30.4 Å². The van der Waals surface area contributed by atoms with E-state index in [-0.39, 0.29) is 17.9 Å². The van der Waals surface area contributed by atoms with Crippen molar-refractivity contribution in [2.45, 2.75) is 20.0 Å². The van der Waals surface area contributed by atoms with Crippen LogP contribution in [0.3, 0.4) is 0 Å². The number of benzene rings is 2. The molecule has 2 N–H and O–H groups in total. The number of nitrogens with zero attached hydrogens (tertiary/aromatic N) is 1. The molecule has 2 rings (SSSR count). The SMILES string of the molecule is COC(CNC(=O)C(=O)Nc1cc([N+](=O)[O-])ccc1C)c1ccccc1C. The third-order valence-corrected chi connectivity index (χ3v) is 4.15. The van der Waals surface area contributed by atoms with Gasteiger partial charge in [-0.3, -0.25) is 19.7 Å². The average molecular weight is 371 g/mol. The van der Waals surface area contributed by atoms with Crippen LogP contribution in [0, 0.1) is 24.0 Å². The van der Waals surface area contributed by atoms with Crippen molar-refractivity contribution in [1.82, 2.24) is 5.32 Å². The number of ether oxygens (including phenoxy) is 1. The summed E-state index contributed by atoms with van der Waals surface area (Å²) in [5.41, 5.74) is 2.57. The molecule has 8 heteroatoms. The first-order chi connectivity index (χ1) is 12.8. The first-order valence-corrected chi connectivity index (χ1v) is 8.26. The monoisotopic (exact) mass is 371 g/mol. The van der Waals surface area contributed by atoms with Gasteiger partial charge in [0, 0.05) is 25.8 Å². The summed E-state index contributed by atoms with van der Waals surface area (Å²) in [5.74, 6) is -1.75. The molecule has 0 saturated heterocycles. The summed E-state index contributed by atoms with van der Waals surface area (Å²) in [6, 6.07) is 11.6. The van der Waals surface area contributed by atoms with Gasteiger partial charge >= 0.3 is 11.8 Å². The van der Waals surface area contributed by atoms with Gasteiger partial charge in [-0.25, -0.2) is 0 Å². The first-order valence-electron chi connectivity index (χ1n) is 8.26. The van der Waals surface area contributed by atoms with Crippen LogP contribution in [0.15, 0.2) is 42.5 Å². The van der Waals surface area contributed by atoms with E-state index >= 15 is 0 Å². The van der Waals surface area contributed by atoms with Crippen LogP contribution in [0.2, 0.25) is 0 Å². The lowest BCUT2D eigenvalue weighted by Gasteiger charge is -2.18. The molecule has 27 heavy (non-hydrogen) atoms. The molecule has 2 amide bonds. The standard InChI is InChI=1S/C19H21N3O5/c1-12-6-4-5-7-15(12)17(27-3)11-20-18(23)19(24)21-16-10-14(22(25)26)9-8-13(16)2/h4-10,17H,11H2,1-3H3,(H,20,23)(H,21,24). The summed E-state index contributed by atoms with van der Waals surface area (Å²) in [6.07, 6.45) is -0.400. The van der Waals surface area contributed by atoms with E-state index in [0.29, 0.717) is 5.56 Å². The highest BCUT2D eigenvalue weighted by Gasteiger charge is 2.19. The molecule has 0 bridgehead atoms. The molecule has 0 aliphatic carbocycles. The Labute approximate surface area is 156 Å². The third-order valence-electron chi connectivity index (χ3n) is 4.15. The molecule has 0 fully saturated rings. The summed E-state index contributed by atoms with van der Waals surface area (Å²) in [6.45, 7) is 3.72. The molecule has 0 aliphatic rings. The normalized spacial score (nSPS) is 11.5. The van der Waals surface area contributed by atoms with E-state index in [1.54, 1.807) is 6.92 Å². The Morgan fingerprint density at radius 1 is 1.11 bits per heavy atom. The number of anilines is 1. The zero-order valence-electron chi connectivity index (χ0n) is 15.3. The predicted molar refractivity (Wildman–Crippen MR) is 100 cm³/mol. The summed E-state index contributed by atoms with van der Waals surface area (Å²) in [7, 11) is 1.52. The number of methoxy groups -OCH3 is 1. The average Bonchev–Trinajstić information content (AvgIpc) is 2.64. The number of aryl methyl sites for hydroxylation is 2. The topological polar surface area (TPSA) is 111 Å². The zero-order chi connectivity index (χ0) is 20.0. The fraction of sp³-hybridized carbons (Fsp3) is 0.263. The molecule has 1 atom stereocenters. The van der Waals surface area contributed by atoms with Gasteiger partial charge in [0.05, 0.1) is 16.7 Å².